The molecule has 0 atom stereocenters. The second-order valence-corrected chi connectivity index (χ2v) is 11.2. The minimum atomic E-state index is -0.479. The highest BCUT2D eigenvalue weighted by atomic mass is 35.5. The van der Waals surface area contributed by atoms with Crippen LogP contribution in [0, 0.1) is 0 Å². The van der Waals surface area contributed by atoms with Gasteiger partial charge in [-0.15, -0.1) is 5.10 Å². The maximum atomic E-state index is 13.4. The molecule has 1 N–H and O–H groups in total. The number of aromatic nitrogens is 4. The van der Waals surface area contributed by atoms with Crippen molar-refractivity contribution in [3.05, 3.63) is 77.9 Å². The normalized spacial score (nSPS) is 17.5. The van der Waals surface area contributed by atoms with E-state index in [4.69, 9.17) is 16.8 Å². The zero-order valence-corrected chi connectivity index (χ0v) is 23.5. The molecule has 2 aliphatic heterocycles. The first kappa shape index (κ1) is 27.1. The van der Waals surface area contributed by atoms with Gasteiger partial charge in [0.15, 0.2) is 5.82 Å². The van der Waals surface area contributed by atoms with Gasteiger partial charge < -0.3 is 0 Å². The predicted octanol–water partition coefficient (Wildman–Crippen LogP) is 6.91. The third-order valence-electron chi connectivity index (χ3n) is 7.17. The molecule has 0 unspecified atom stereocenters. The Balaban J connectivity index is 0.000000384. The molecule has 1 saturated carbocycles. The number of halogens is 1. The van der Waals surface area contributed by atoms with Gasteiger partial charge in [0.25, 0.3) is 5.91 Å². The van der Waals surface area contributed by atoms with E-state index in [9.17, 15) is 4.79 Å². The molecule has 6 rings (SSSR count). The molecule has 0 bridgehead atoms. The number of nitrogens with one attached hydrogen (secondary N) is 1. The highest BCUT2D eigenvalue weighted by molar-refractivity contribution is 8.00. The van der Waals surface area contributed by atoms with Gasteiger partial charge >= 0.3 is 0 Å². The van der Waals surface area contributed by atoms with Crippen LogP contribution in [-0.4, -0.2) is 46.6 Å². The molecule has 1 aliphatic carbocycles. The molecule has 0 radical (unpaired) electrons. The molecule has 1 spiro atoms. The molecule has 3 aromatic rings. The molecule has 3 aliphatic rings. The highest BCUT2D eigenvalue weighted by Gasteiger charge is 2.49. The number of amides is 1. The van der Waals surface area contributed by atoms with Gasteiger partial charge in [0.1, 0.15) is 11.4 Å². The SMILES string of the molecule is CCCCC1=NC2(CCCC2)C(=O)N1Cc1ccc(-c2ccccc2-c2nnn[nH]2)cc1.ClN1C=CC=CS1. The molecule has 3 heterocycles. The minimum Gasteiger partial charge on any atom is -0.294 e. The molecular formula is C29H32ClN7OS. The van der Waals surface area contributed by atoms with Gasteiger partial charge in [-0.2, -0.15) is 0 Å². The summed E-state index contributed by atoms with van der Waals surface area (Å²) in [5.74, 6) is 1.82. The molecule has 2 aromatic carbocycles. The topological polar surface area (TPSA) is 90.4 Å². The van der Waals surface area contributed by atoms with Crippen LogP contribution in [0.1, 0.15) is 57.4 Å². The van der Waals surface area contributed by atoms with Gasteiger partial charge in [0.2, 0.25) is 0 Å². The van der Waals surface area contributed by atoms with Crippen molar-refractivity contribution in [2.24, 2.45) is 4.99 Å². The molecule has 0 saturated heterocycles. The van der Waals surface area contributed by atoms with Crippen LogP contribution < -0.4 is 0 Å². The van der Waals surface area contributed by atoms with Gasteiger partial charge in [-0.3, -0.25) is 14.7 Å². The summed E-state index contributed by atoms with van der Waals surface area (Å²) >= 11 is 6.92. The molecule has 39 heavy (non-hydrogen) atoms. The number of carbonyl (C=O) groups excluding carboxylic acids is 1. The number of carbonyl (C=O) groups is 1. The van der Waals surface area contributed by atoms with E-state index in [1.165, 1.54) is 15.8 Å². The highest BCUT2D eigenvalue weighted by Crippen LogP contribution is 2.40. The van der Waals surface area contributed by atoms with Crippen molar-refractivity contribution in [2.45, 2.75) is 64.0 Å². The third kappa shape index (κ3) is 6.25. The Kier molecular flexibility index (Phi) is 8.78. The van der Waals surface area contributed by atoms with Gasteiger partial charge in [-0.1, -0.05) is 80.8 Å². The lowest BCUT2D eigenvalue weighted by molar-refractivity contribution is -0.131. The van der Waals surface area contributed by atoms with Crippen molar-refractivity contribution in [2.75, 3.05) is 0 Å². The monoisotopic (exact) mass is 561 g/mol. The molecule has 1 amide bonds. The first-order valence-corrected chi connectivity index (χ1v) is 14.6. The summed E-state index contributed by atoms with van der Waals surface area (Å²) < 4.78 is 1.51. The Morgan fingerprint density at radius 1 is 1.05 bits per heavy atom. The fraction of sp³-hybridized carbons (Fsp3) is 0.345. The lowest BCUT2D eigenvalue weighted by Gasteiger charge is -2.23. The van der Waals surface area contributed by atoms with Crippen LogP contribution >= 0.6 is 23.7 Å². The van der Waals surface area contributed by atoms with Crippen LogP contribution in [0.25, 0.3) is 22.5 Å². The Bertz CT molecular complexity index is 1350. The van der Waals surface area contributed by atoms with Crippen molar-refractivity contribution < 1.29 is 4.79 Å². The minimum absolute atomic E-state index is 0.202. The summed E-state index contributed by atoms with van der Waals surface area (Å²) in [4.78, 5) is 20.3. The second kappa shape index (κ2) is 12.6. The maximum absolute atomic E-state index is 13.4. The first-order valence-electron chi connectivity index (χ1n) is 13.4. The molecular weight excluding hydrogens is 530 g/mol. The number of H-pyrrole nitrogens is 1. The number of tetrazole rings is 1. The fourth-order valence-corrected chi connectivity index (χ4v) is 5.80. The maximum Gasteiger partial charge on any atom is 0.256 e. The van der Waals surface area contributed by atoms with Crippen LogP contribution in [0.2, 0.25) is 0 Å². The lowest BCUT2D eigenvalue weighted by Crippen LogP contribution is -2.40. The van der Waals surface area contributed by atoms with E-state index in [1.807, 2.05) is 40.7 Å². The number of aliphatic imine (C=N–C) groups is 1. The van der Waals surface area contributed by atoms with E-state index in [1.54, 1.807) is 6.20 Å². The van der Waals surface area contributed by atoms with Gasteiger partial charge in [-0.05, 0) is 69.8 Å². The van der Waals surface area contributed by atoms with E-state index in [0.29, 0.717) is 12.4 Å². The van der Waals surface area contributed by atoms with Crippen molar-refractivity contribution in [3.8, 4) is 22.5 Å². The Morgan fingerprint density at radius 2 is 1.82 bits per heavy atom. The number of unbranched alkanes of at least 4 members (excludes halogenated alkanes) is 1. The summed E-state index contributed by atoms with van der Waals surface area (Å²) in [6.07, 6.45) is 12.6. The third-order valence-corrected chi connectivity index (χ3v) is 8.12. The zero-order chi connectivity index (χ0) is 27.1. The summed E-state index contributed by atoms with van der Waals surface area (Å²) in [5.41, 5.74) is 3.73. The van der Waals surface area contributed by atoms with Gasteiger partial charge in [-0.25, -0.2) is 8.92 Å². The Hall–Kier alpha value is -3.43. The Labute approximate surface area is 238 Å². The molecule has 202 valence electrons. The quantitative estimate of drug-likeness (QED) is 0.249. The molecule has 10 heteroatoms. The number of nitrogens with zero attached hydrogens (tertiary/aromatic N) is 6. The van der Waals surface area contributed by atoms with E-state index >= 15 is 0 Å². The number of rotatable bonds is 7. The van der Waals surface area contributed by atoms with Crippen LogP contribution in [0.4, 0.5) is 0 Å². The molecule has 1 aromatic heterocycles. The summed E-state index contributed by atoms with van der Waals surface area (Å²) in [5, 5.41) is 16.2. The standard InChI is InChI=1S/C25H28N6O.C4H4ClNS/c1-2-3-10-22-26-25(15-6-7-16-25)24(32)31(22)17-18-11-13-19(14-12-18)20-8-4-5-9-21(20)23-27-29-30-28-23;5-6-3-1-2-4-7-6/h4-5,8-9,11-14H,2-3,6-7,10,15-17H2,1H3,(H,27,28,29,30);1-4H. The second-order valence-electron chi connectivity index (χ2n) is 9.80. The van der Waals surface area contributed by atoms with Gasteiger partial charge in [0.05, 0.1) is 6.54 Å². The smallest absolute Gasteiger partial charge is 0.256 e. The number of hydrogen-bond donors (Lipinski definition) is 1. The largest absolute Gasteiger partial charge is 0.294 e. The fourth-order valence-electron chi connectivity index (χ4n) is 5.18. The van der Waals surface area contributed by atoms with Crippen molar-refractivity contribution in [3.63, 3.8) is 0 Å². The van der Waals surface area contributed by atoms with Crippen LogP contribution in [0.5, 0.6) is 0 Å². The summed E-state index contributed by atoms with van der Waals surface area (Å²) in [6, 6.07) is 16.5. The number of aromatic amines is 1. The van der Waals surface area contributed by atoms with E-state index in [0.717, 1.165) is 73.0 Å². The van der Waals surface area contributed by atoms with Crippen LogP contribution in [0.15, 0.2) is 77.3 Å². The number of amidine groups is 1. The number of hydrogen-bond acceptors (Lipinski definition) is 7. The zero-order valence-electron chi connectivity index (χ0n) is 22.0. The predicted molar refractivity (Wildman–Crippen MR) is 157 cm³/mol. The van der Waals surface area contributed by atoms with Crippen molar-refractivity contribution >= 4 is 35.5 Å². The average Bonchev–Trinajstić information content (AvgIpc) is 3.73. The van der Waals surface area contributed by atoms with Crippen LogP contribution in [-0.2, 0) is 11.3 Å². The molecule has 1 fully saturated rings. The first-order chi connectivity index (χ1) is 19.1. The van der Waals surface area contributed by atoms with Crippen LogP contribution in [0.3, 0.4) is 0 Å². The van der Waals surface area contributed by atoms with Crippen molar-refractivity contribution in [1.29, 1.82) is 0 Å². The number of benzene rings is 2. The summed E-state index contributed by atoms with van der Waals surface area (Å²) in [7, 11) is 0. The number of allylic oxidation sites excluding steroid dienone is 2. The van der Waals surface area contributed by atoms with E-state index in [2.05, 4.69) is 57.9 Å². The van der Waals surface area contributed by atoms with Crippen molar-refractivity contribution in [1.82, 2.24) is 29.3 Å². The summed E-state index contributed by atoms with van der Waals surface area (Å²) in [6.45, 7) is 2.76. The Morgan fingerprint density at radius 3 is 2.44 bits per heavy atom. The van der Waals surface area contributed by atoms with E-state index < -0.39 is 5.54 Å². The van der Waals surface area contributed by atoms with Gasteiger partial charge in [0, 0.05) is 30.0 Å². The molecule has 8 nitrogen and oxygen atoms in total. The lowest BCUT2D eigenvalue weighted by atomic mass is 9.97. The average molecular weight is 562 g/mol. The van der Waals surface area contributed by atoms with E-state index in [-0.39, 0.29) is 5.91 Å².